The fourth-order valence-electron chi connectivity index (χ4n) is 3.71. The quantitative estimate of drug-likeness (QED) is 0.586. The zero-order chi connectivity index (χ0) is 18.8. The summed E-state index contributed by atoms with van der Waals surface area (Å²) in [6.07, 6.45) is 0. The lowest BCUT2D eigenvalue weighted by Gasteiger charge is -2.35. The van der Waals surface area contributed by atoms with Crippen LogP contribution in [0.1, 0.15) is 16.7 Å². The van der Waals surface area contributed by atoms with E-state index in [1.54, 1.807) is 6.07 Å². The van der Waals surface area contributed by atoms with Crippen LogP contribution in [-0.2, 0) is 13.1 Å². The van der Waals surface area contributed by atoms with Gasteiger partial charge in [-0.05, 0) is 41.8 Å². The third-order valence-corrected chi connectivity index (χ3v) is 5.80. The summed E-state index contributed by atoms with van der Waals surface area (Å²) in [6.45, 7) is 8.05. The molecular weight excluding hydrogens is 404 g/mol. The molecule has 0 atom stereocenters. The molecule has 1 saturated heterocycles. The Hall–Kier alpha value is -1.95. The third kappa shape index (κ3) is 4.32. The van der Waals surface area contributed by atoms with E-state index in [1.807, 2.05) is 18.2 Å². The van der Waals surface area contributed by atoms with E-state index < -0.39 is 0 Å². The Kier molecular flexibility index (Phi) is 5.43. The van der Waals surface area contributed by atoms with Crippen molar-refractivity contribution >= 4 is 26.9 Å². The average Bonchev–Trinajstić information content (AvgIpc) is 2.64. The highest BCUT2D eigenvalue weighted by Crippen LogP contribution is 2.23. The Morgan fingerprint density at radius 1 is 0.926 bits per heavy atom. The molecule has 27 heavy (non-hydrogen) atoms. The molecule has 1 aliphatic heterocycles. The summed E-state index contributed by atoms with van der Waals surface area (Å²) in [5.74, 6) is 0. The summed E-state index contributed by atoms with van der Waals surface area (Å²) in [6, 6.07) is 16.1. The van der Waals surface area contributed by atoms with Crippen molar-refractivity contribution in [1.82, 2.24) is 9.80 Å². The molecule has 0 amide bonds. The van der Waals surface area contributed by atoms with Crippen LogP contribution in [0.4, 0.5) is 0 Å². The highest BCUT2D eigenvalue weighted by molar-refractivity contribution is 9.10. The van der Waals surface area contributed by atoms with E-state index in [1.165, 1.54) is 11.1 Å². The van der Waals surface area contributed by atoms with Gasteiger partial charge in [0.25, 0.3) is 0 Å². The predicted octanol–water partition coefficient (Wildman–Crippen LogP) is 4.18. The number of hydrogen-bond donors (Lipinski definition) is 0. The van der Waals surface area contributed by atoms with Crippen molar-refractivity contribution < 1.29 is 4.42 Å². The van der Waals surface area contributed by atoms with Crippen LogP contribution in [0.15, 0.2) is 62.2 Å². The Balaban J connectivity index is 1.43. The average molecular weight is 427 g/mol. The number of aryl methyl sites for hydroxylation is 1. The number of halogens is 1. The van der Waals surface area contributed by atoms with Crippen molar-refractivity contribution in [3.05, 3.63) is 80.1 Å². The normalized spacial score (nSPS) is 16.1. The van der Waals surface area contributed by atoms with Crippen molar-refractivity contribution in [2.75, 3.05) is 26.2 Å². The van der Waals surface area contributed by atoms with E-state index in [2.05, 4.69) is 56.9 Å². The summed E-state index contributed by atoms with van der Waals surface area (Å²) < 4.78 is 6.27. The van der Waals surface area contributed by atoms with Crippen molar-refractivity contribution in [2.24, 2.45) is 0 Å². The van der Waals surface area contributed by atoms with Gasteiger partial charge in [-0.25, -0.2) is 4.79 Å². The molecule has 3 aromatic rings. The van der Waals surface area contributed by atoms with E-state index in [9.17, 15) is 4.79 Å². The number of rotatable bonds is 4. The minimum atomic E-state index is -0.284. The Morgan fingerprint density at radius 3 is 2.30 bits per heavy atom. The summed E-state index contributed by atoms with van der Waals surface area (Å²) in [4.78, 5) is 16.9. The maximum atomic E-state index is 11.9. The topological polar surface area (TPSA) is 36.7 Å². The van der Waals surface area contributed by atoms with E-state index >= 15 is 0 Å². The van der Waals surface area contributed by atoms with Crippen LogP contribution in [0.3, 0.4) is 0 Å². The molecule has 4 rings (SSSR count). The molecule has 0 aliphatic carbocycles. The van der Waals surface area contributed by atoms with E-state index in [-0.39, 0.29) is 5.63 Å². The van der Waals surface area contributed by atoms with Gasteiger partial charge in [-0.3, -0.25) is 9.80 Å². The molecule has 4 nitrogen and oxygen atoms in total. The molecule has 0 spiro atoms. The van der Waals surface area contributed by atoms with Crippen LogP contribution in [0, 0.1) is 6.92 Å². The minimum Gasteiger partial charge on any atom is -0.423 e. The zero-order valence-corrected chi connectivity index (χ0v) is 17.0. The molecule has 0 N–H and O–H groups in total. The highest BCUT2D eigenvalue weighted by atomic mass is 79.9. The lowest BCUT2D eigenvalue weighted by Crippen LogP contribution is -2.45. The molecular formula is C22H23BrN2O2. The molecule has 1 aliphatic rings. The number of hydrogen-bond acceptors (Lipinski definition) is 4. The lowest BCUT2D eigenvalue weighted by atomic mass is 10.1. The summed E-state index contributed by atoms with van der Waals surface area (Å²) in [5, 5.41) is 1.01. The Bertz CT molecular complexity index is 1010. The van der Waals surface area contributed by atoms with Crippen LogP contribution in [-0.4, -0.2) is 36.0 Å². The number of benzene rings is 2. The minimum absolute atomic E-state index is 0.284. The number of fused-ring (bicyclic) bond motifs is 1. The van der Waals surface area contributed by atoms with Gasteiger partial charge in [0.1, 0.15) is 5.58 Å². The summed E-state index contributed by atoms with van der Waals surface area (Å²) in [7, 11) is 0. The Labute approximate surface area is 167 Å². The van der Waals surface area contributed by atoms with Gasteiger partial charge >= 0.3 is 5.63 Å². The van der Waals surface area contributed by atoms with Crippen LogP contribution in [0.5, 0.6) is 0 Å². The van der Waals surface area contributed by atoms with Gasteiger partial charge < -0.3 is 4.42 Å². The zero-order valence-electron chi connectivity index (χ0n) is 15.5. The van der Waals surface area contributed by atoms with Crippen molar-refractivity contribution in [3.63, 3.8) is 0 Å². The fraction of sp³-hybridized carbons (Fsp3) is 0.318. The van der Waals surface area contributed by atoms with Crippen LogP contribution >= 0.6 is 15.9 Å². The van der Waals surface area contributed by atoms with Gasteiger partial charge in [0.15, 0.2) is 0 Å². The van der Waals surface area contributed by atoms with Crippen LogP contribution in [0.2, 0.25) is 0 Å². The molecule has 140 valence electrons. The summed E-state index contributed by atoms with van der Waals surface area (Å²) >= 11 is 3.44. The smallest absolute Gasteiger partial charge is 0.336 e. The van der Waals surface area contributed by atoms with Crippen LogP contribution < -0.4 is 5.63 Å². The van der Waals surface area contributed by atoms with Gasteiger partial charge in [0.05, 0.1) is 0 Å². The maximum Gasteiger partial charge on any atom is 0.336 e. The molecule has 5 heteroatoms. The standard InChI is InChI=1S/C22H23BrN2O2/c1-16-4-2-3-5-17(16)14-24-8-10-25(11-9-24)15-18-12-22(26)27-21-13-19(23)6-7-20(18)21/h2-7,12-13H,8-11,14-15H2,1H3. The highest BCUT2D eigenvalue weighted by Gasteiger charge is 2.19. The molecule has 0 unspecified atom stereocenters. The Morgan fingerprint density at radius 2 is 1.59 bits per heavy atom. The van der Waals surface area contributed by atoms with Crippen molar-refractivity contribution in [1.29, 1.82) is 0 Å². The third-order valence-electron chi connectivity index (χ3n) is 5.31. The van der Waals surface area contributed by atoms with E-state index in [0.29, 0.717) is 5.58 Å². The van der Waals surface area contributed by atoms with E-state index in [0.717, 1.165) is 54.7 Å². The largest absolute Gasteiger partial charge is 0.423 e. The first-order chi connectivity index (χ1) is 13.1. The number of piperazine rings is 1. The second-order valence-corrected chi connectivity index (χ2v) is 8.13. The van der Waals surface area contributed by atoms with Crippen LogP contribution in [0.25, 0.3) is 11.0 Å². The molecule has 2 heterocycles. The van der Waals surface area contributed by atoms with Gasteiger partial charge in [0.2, 0.25) is 0 Å². The molecule has 1 fully saturated rings. The van der Waals surface area contributed by atoms with Gasteiger partial charge in [-0.1, -0.05) is 40.2 Å². The van der Waals surface area contributed by atoms with Gasteiger partial charge in [-0.15, -0.1) is 0 Å². The number of nitrogens with zero attached hydrogens (tertiary/aromatic N) is 2. The maximum absolute atomic E-state index is 11.9. The first-order valence-electron chi connectivity index (χ1n) is 9.30. The first-order valence-corrected chi connectivity index (χ1v) is 10.1. The molecule has 1 aromatic heterocycles. The van der Waals surface area contributed by atoms with E-state index in [4.69, 9.17) is 4.42 Å². The SMILES string of the molecule is Cc1ccccc1CN1CCN(Cc2cc(=O)oc3cc(Br)ccc23)CC1. The van der Waals surface area contributed by atoms with Gasteiger partial charge in [-0.2, -0.15) is 0 Å². The first kappa shape index (κ1) is 18.4. The second-order valence-electron chi connectivity index (χ2n) is 7.21. The monoisotopic (exact) mass is 426 g/mol. The second kappa shape index (κ2) is 7.97. The summed E-state index contributed by atoms with van der Waals surface area (Å²) in [5.41, 5.74) is 4.16. The van der Waals surface area contributed by atoms with Crippen molar-refractivity contribution in [2.45, 2.75) is 20.0 Å². The van der Waals surface area contributed by atoms with Gasteiger partial charge in [0, 0.05) is 55.2 Å². The molecule has 2 aromatic carbocycles. The molecule has 0 bridgehead atoms. The lowest BCUT2D eigenvalue weighted by molar-refractivity contribution is 0.122. The molecule has 0 saturated carbocycles. The fourth-order valence-corrected chi connectivity index (χ4v) is 4.05. The van der Waals surface area contributed by atoms with Crippen molar-refractivity contribution in [3.8, 4) is 0 Å². The predicted molar refractivity (Wildman–Crippen MR) is 112 cm³/mol. The molecule has 0 radical (unpaired) electrons.